The topological polar surface area (TPSA) is 48.4 Å². The van der Waals surface area contributed by atoms with Crippen LogP contribution in [0.5, 0.6) is 0 Å². The van der Waals surface area contributed by atoms with E-state index in [9.17, 15) is 4.79 Å². The number of aryl methyl sites for hydroxylation is 1. The molecule has 0 radical (unpaired) electrons. The first-order valence-electron chi connectivity index (χ1n) is 5.37. The Hall–Kier alpha value is -1.26. The van der Waals surface area contributed by atoms with Gasteiger partial charge in [-0.05, 0) is 26.3 Å². The van der Waals surface area contributed by atoms with Crippen molar-refractivity contribution in [2.24, 2.45) is 0 Å². The van der Waals surface area contributed by atoms with Crippen molar-refractivity contribution in [2.45, 2.75) is 27.1 Å². The zero-order valence-electron chi connectivity index (χ0n) is 9.90. The van der Waals surface area contributed by atoms with Crippen molar-refractivity contribution in [2.75, 3.05) is 13.2 Å². The van der Waals surface area contributed by atoms with Gasteiger partial charge in [-0.3, -0.25) is 9.78 Å². The average Bonchev–Trinajstić information content (AvgIpc) is 2.28. The first kappa shape index (κ1) is 12.8. The van der Waals surface area contributed by atoms with Crippen molar-refractivity contribution in [1.82, 2.24) is 4.98 Å². The fourth-order valence-electron chi connectivity index (χ4n) is 1.53. The predicted molar refractivity (Wildman–Crippen MR) is 60.4 cm³/mol. The first-order chi connectivity index (χ1) is 7.74. The van der Waals surface area contributed by atoms with Crippen LogP contribution in [0.4, 0.5) is 0 Å². The van der Waals surface area contributed by atoms with E-state index in [1.165, 1.54) is 6.20 Å². The summed E-state index contributed by atoms with van der Waals surface area (Å²) in [5.74, 6) is 0. The Morgan fingerprint density at radius 2 is 1.94 bits per heavy atom. The molecule has 0 atom stereocenters. The molecule has 4 heteroatoms. The van der Waals surface area contributed by atoms with Gasteiger partial charge < -0.3 is 9.47 Å². The second kappa shape index (κ2) is 6.35. The van der Waals surface area contributed by atoms with E-state index >= 15 is 0 Å². The number of carbonyl (C=O) groups excluding carboxylic acids is 1. The molecule has 0 spiro atoms. The number of hydrogen-bond donors (Lipinski definition) is 0. The van der Waals surface area contributed by atoms with Gasteiger partial charge in [-0.2, -0.15) is 0 Å². The van der Waals surface area contributed by atoms with Crippen LogP contribution < -0.4 is 0 Å². The van der Waals surface area contributed by atoms with E-state index in [1.54, 1.807) is 6.20 Å². The van der Waals surface area contributed by atoms with E-state index in [0.717, 1.165) is 17.4 Å². The molecule has 1 heterocycles. The minimum absolute atomic E-state index is 0.488. The largest absolute Gasteiger partial charge is 0.349 e. The Morgan fingerprint density at radius 1 is 1.31 bits per heavy atom. The summed E-state index contributed by atoms with van der Waals surface area (Å²) in [5.41, 5.74) is 2.19. The third-order valence-electron chi connectivity index (χ3n) is 2.22. The van der Waals surface area contributed by atoms with Crippen molar-refractivity contribution in [3.8, 4) is 0 Å². The van der Waals surface area contributed by atoms with Gasteiger partial charge >= 0.3 is 0 Å². The van der Waals surface area contributed by atoms with Gasteiger partial charge in [0.25, 0.3) is 0 Å². The van der Waals surface area contributed by atoms with Gasteiger partial charge in [0.1, 0.15) is 0 Å². The predicted octanol–water partition coefficient (Wildman–Crippen LogP) is 2.27. The van der Waals surface area contributed by atoms with Gasteiger partial charge in [0.2, 0.25) is 0 Å². The highest BCUT2D eigenvalue weighted by molar-refractivity contribution is 5.77. The molecule has 0 unspecified atom stereocenters. The van der Waals surface area contributed by atoms with Crippen LogP contribution >= 0.6 is 0 Å². The number of hydrogen-bond acceptors (Lipinski definition) is 4. The van der Waals surface area contributed by atoms with Crippen molar-refractivity contribution in [1.29, 1.82) is 0 Å². The lowest BCUT2D eigenvalue weighted by molar-refractivity contribution is -0.140. The SMILES string of the molecule is CCOC(OCC)c1c(C)cncc1C=O. The van der Waals surface area contributed by atoms with Crippen molar-refractivity contribution < 1.29 is 14.3 Å². The number of carbonyl (C=O) groups is 1. The molecule has 0 bridgehead atoms. The highest BCUT2D eigenvalue weighted by Crippen LogP contribution is 2.24. The molecule has 0 aromatic carbocycles. The zero-order valence-corrected chi connectivity index (χ0v) is 9.90. The summed E-state index contributed by atoms with van der Waals surface area (Å²) in [6.07, 6.45) is 3.52. The maximum atomic E-state index is 10.9. The summed E-state index contributed by atoms with van der Waals surface area (Å²) < 4.78 is 11.0. The van der Waals surface area contributed by atoms with E-state index in [2.05, 4.69) is 4.98 Å². The lowest BCUT2D eigenvalue weighted by atomic mass is 10.1. The molecule has 1 aromatic rings. The second-order valence-corrected chi connectivity index (χ2v) is 3.32. The second-order valence-electron chi connectivity index (χ2n) is 3.32. The molecule has 0 saturated heterocycles. The maximum Gasteiger partial charge on any atom is 0.184 e. The van der Waals surface area contributed by atoms with Crippen molar-refractivity contribution in [3.63, 3.8) is 0 Å². The third-order valence-corrected chi connectivity index (χ3v) is 2.22. The van der Waals surface area contributed by atoms with Crippen molar-refractivity contribution >= 4 is 6.29 Å². The normalized spacial score (nSPS) is 10.8. The molecular weight excluding hydrogens is 206 g/mol. The molecule has 1 aromatic heterocycles. The summed E-state index contributed by atoms with van der Waals surface area (Å²) in [6.45, 7) is 6.74. The van der Waals surface area contributed by atoms with Crippen LogP contribution in [-0.2, 0) is 9.47 Å². The van der Waals surface area contributed by atoms with Crippen LogP contribution in [0.2, 0.25) is 0 Å². The average molecular weight is 223 g/mol. The lowest BCUT2D eigenvalue weighted by Crippen LogP contribution is -2.13. The van der Waals surface area contributed by atoms with Crippen LogP contribution in [0.3, 0.4) is 0 Å². The molecule has 0 saturated carbocycles. The summed E-state index contributed by atoms with van der Waals surface area (Å²) >= 11 is 0. The summed E-state index contributed by atoms with van der Waals surface area (Å²) in [4.78, 5) is 14.9. The fourth-order valence-corrected chi connectivity index (χ4v) is 1.53. The van der Waals surface area contributed by atoms with Crippen LogP contribution in [0.15, 0.2) is 12.4 Å². The van der Waals surface area contributed by atoms with Crippen LogP contribution in [0.25, 0.3) is 0 Å². The summed E-state index contributed by atoms with van der Waals surface area (Å²) in [7, 11) is 0. The quantitative estimate of drug-likeness (QED) is 0.548. The fraction of sp³-hybridized carbons (Fsp3) is 0.500. The van der Waals surface area contributed by atoms with Gasteiger partial charge in [0.05, 0.1) is 0 Å². The molecule has 0 N–H and O–H groups in total. The standard InChI is InChI=1S/C12H17NO3/c1-4-15-12(16-5-2)11-9(3)6-13-7-10(11)8-14/h6-8,12H,4-5H2,1-3H3. The highest BCUT2D eigenvalue weighted by atomic mass is 16.7. The van der Waals surface area contributed by atoms with E-state index in [-0.39, 0.29) is 0 Å². The third kappa shape index (κ3) is 2.87. The van der Waals surface area contributed by atoms with Crippen molar-refractivity contribution in [3.05, 3.63) is 29.1 Å². The minimum atomic E-state index is -0.488. The monoisotopic (exact) mass is 223 g/mol. The summed E-state index contributed by atoms with van der Waals surface area (Å²) in [6, 6.07) is 0. The molecule has 0 aliphatic rings. The number of ether oxygens (including phenoxy) is 2. The molecule has 1 rings (SSSR count). The van der Waals surface area contributed by atoms with Gasteiger partial charge in [-0.15, -0.1) is 0 Å². The van der Waals surface area contributed by atoms with Gasteiger partial charge in [-0.25, -0.2) is 0 Å². The smallest absolute Gasteiger partial charge is 0.184 e. The van der Waals surface area contributed by atoms with Crippen LogP contribution in [-0.4, -0.2) is 24.5 Å². The Bertz CT molecular complexity index is 346. The number of rotatable bonds is 6. The van der Waals surface area contributed by atoms with Gasteiger partial charge in [0, 0.05) is 36.7 Å². The number of pyridine rings is 1. The maximum absolute atomic E-state index is 10.9. The molecule has 16 heavy (non-hydrogen) atoms. The van der Waals surface area contributed by atoms with Crippen LogP contribution in [0.1, 0.15) is 41.6 Å². The Morgan fingerprint density at radius 3 is 2.44 bits per heavy atom. The summed E-state index contributed by atoms with van der Waals surface area (Å²) in [5, 5.41) is 0. The Labute approximate surface area is 95.6 Å². The molecule has 0 amide bonds. The minimum Gasteiger partial charge on any atom is -0.349 e. The van der Waals surface area contributed by atoms with Gasteiger partial charge in [-0.1, -0.05) is 0 Å². The molecule has 0 fully saturated rings. The Balaban J connectivity index is 3.10. The van der Waals surface area contributed by atoms with E-state index < -0.39 is 6.29 Å². The molecule has 4 nitrogen and oxygen atoms in total. The molecular formula is C12H17NO3. The van der Waals surface area contributed by atoms with E-state index in [0.29, 0.717) is 18.8 Å². The molecule has 88 valence electrons. The number of aromatic nitrogens is 1. The molecule has 0 aliphatic heterocycles. The van der Waals surface area contributed by atoms with E-state index in [1.807, 2.05) is 20.8 Å². The number of nitrogens with zero attached hydrogens (tertiary/aromatic N) is 1. The van der Waals surface area contributed by atoms with E-state index in [4.69, 9.17) is 9.47 Å². The molecule has 0 aliphatic carbocycles. The number of aldehydes is 1. The van der Waals surface area contributed by atoms with Crippen LogP contribution in [0, 0.1) is 6.92 Å². The first-order valence-corrected chi connectivity index (χ1v) is 5.37. The van der Waals surface area contributed by atoms with Gasteiger partial charge in [0.15, 0.2) is 12.6 Å². The lowest BCUT2D eigenvalue weighted by Gasteiger charge is -2.20. The zero-order chi connectivity index (χ0) is 12.0. The Kier molecular flexibility index (Phi) is 5.08. The highest BCUT2D eigenvalue weighted by Gasteiger charge is 2.18.